The van der Waals surface area contributed by atoms with Crippen LogP contribution in [0.4, 0.5) is 4.79 Å². The summed E-state index contributed by atoms with van der Waals surface area (Å²) in [5.41, 5.74) is 0. The summed E-state index contributed by atoms with van der Waals surface area (Å²) in [6.07, 6.45) is 2.56. The minimum Gasteiger partial charge on any atom is -0.469 e. The molecule has 1 rings (SSSR count). The lowest BCUT2D eigenvalue weighted by Crippen LogP contribution is -2.36. The van der Waals surface area contributed by atoms with Gasteiger partial charge in [-0.15, -0.1) is 0 Å². The van der Waals surface area contributed by atoms with Crippen LogP contribution in [0.5, 0.6) is 0 Å². The number of rotatable bonds is 3. The summed E-state index contributed by atoms with van der Waals surface area (Å²) in [5, 5.41) is 0. The zero-order valence-corrected chi connectivity index (χ0v) is 8.77. The van der Waals surface area contributed by atoms with E-state index in [4.69, 9.17) is 0 Å². The number of carbonyl (C=O) groups is 2. The van der Waals surface area contributed by atoms with Crippen molar-refractivity contribution in [3.8, 4) is 0 Å². The number of carbonyl (C=O) groups excluding carboxylic acids is 2. The van der Waals surface area contributed by atoms with Crippen molar-refractivity contribution in [3.05, 3.63) is 12.8 Å². The van der Waals surface area contributed by atoms with E-state index in [1.54, 1.807) is 4.90 Å². The van der Waals surface area contributed by atoms with Gasteiger partial charge in [0.15, 0.2) is 0 Å². The highest BCUT2D eigenvalue weighted by Crippen LogP contribution is 2.21. The van der Waals surface area contributed by atoms with Crippen LogP contribution in [0.15, 0.2) is 12.8 Å². The van der Waals surface area contributed by atoms with Crippen molar-refractivity contribution < 1.29 is 19.1 Å². The fourth-order valence-corrected chi connectivity index (χ4v) is 1.70. The molecule has 1 fully saturated rings. The molecule has 1 aliphatic rings. The Morgan fingerprint density at radius 2 is 2.33 bits per heavy atom. The molecule has 1 saturated heterocycles. The maximum Gasteiger partial charge on any atom is 0.414 e. The third kappa shape index (κ3) is 2.97. The molecule has 0 aromatic carbocycles. The molecule has 5 nitrogen and oxygen atoms in total. The SMILES string of the molecule is C=COC(=O)N1CCCC1CC(=O)OC. The zero-order chi connectivity index (χ0) is 11.3. The van der Waals surface area contributed by atoms with E-state index in [2.05, 4.69) is 16.1 Å². The fourth-order valence-electron chi connectivity index (χ4n) is 1.70. The molecule has 84 valence electrons. The summed E-state index contributed by atoms with van der Waals surface area (Å²) in [4.78, 5) is 24.0. The summed E-state index contributed by atoms with van der Waals surface area (Å²) in [7, 11) is 1.34. The van der Waals surface area contributed by atoms with E-state index in [0.29, 0.717) is 6.54 Å². The van der Waals surface area contributed by atoms with Gasteiger partial charge in [0.05, 0.1) is 19.8 Å². The number of amides is 1. The fraction of sp³-hybridized carbons (Fsp3) is 0.600. The van der Waals surface area contributed by atoms with Crippen molar-refractivity contribution in [2.75, 3.05) is 13.7 Å². The normalized spacial score (nSPS) is 19.8. The second-order valence-corrected chi connectivity index (χ2v) is 3.32. The average Bonchev–Trinajstić information content (AvgIpc) is 2.66. The predicted octanol–water partition coefficient (Wildman–Crippen LogP) is 1.29. The largest absolute Gasteiger partial charge is 0.469 e. The van der Waals surface area contributed by atoms with Crippen LogP contribution in [0.25, 0.3) is 0 Å². The summed E-state index contributed by atoms with van der Waals surface area (Å²) >= 11 is 0. The predicted molar refractivity (Wildman–Crippen MR) is 53.0 cm³/mol. The Balaban J connectivity index is 2.52. The molecule has 0 saturated carbocycles. The number of likely N-dealkylation sites (tertiary alicyclic amines) is 1. The molecule has 0 N–H and O–H groups in total. The Hall–Kier alpha value is -1.52. The van der Waals surface area contributed by atoms with Gasteiger partial charge >= 0.3 is 12.1 Å². The van der Waals surface area contributed by atoms with Gasteiger partial charge in [0.1, 0.15) is 0 Å². The Labute approximate surface area is 88.6 Å². The number of hydrogen-bond acceptors (Lipinski definition) is 4. The van der Waals surface area contributed by atoms with Gasteiger partial charge in [-0.25, -0.2) is 4.79 Å². The third-order valence-corrected chi connectivity index (χ3v) is 2.43. The van der Waals surface area contributed by atoms with Gasteiger partial charge in [0.2, 0.25) is 0 Å². The Morgan fingerprint density at radius 3 is 2.93 bits per heavy atom. The first-order valence-electron chi connectivity index (χ1n) is 4.84. The molecule has 1 atom stereocenters. The van der Waals surface area contributed by atoms with Gasteiger partial charge in [-0.2, -0.15) is 0 Å². The first-order valence-corrected chi connectivity index (χ1v) is 4.84. The molecule has 0 spiro atoms. The zero-order valence-electron chi connectivity index (χ0n) is 8.77. The molecule has 0 bridgehead atoms. The molecular formula is C10H15NO4. The van der Waals surface area contributed by atoms with E-state index in [-0.39, 0.29) is 18.4 Å². The van der Waals surface area contributed by atoms with Crippen LogP contribution in [0.3, 0.4) is 0 Å². The lowest BCUT2D eigenvalue weighted by Gasteiger charge is -2.21. The topological polar surface area (TPSA) is 55.8 Å². The summed E-state index contributed by atoms with van der Waals surface area (Å²) in [5.74, 6) is -0.307. The Bertz CT molecular complexity index is 264. The van der Waals surface area contributed by atoms with Crippen LogP contribution in [-0.4, -0.2) is 36.7 Å². The lowest BCUT2D eigenvalue weighted by molar-refractivity contribution is -0.141. The van der Waals surface area contributed by atoms with Gasteiger partial charge in [-0.05, 0) is 12.8 Å². The maximum absolute atomic E-state index is 11.4. The second-order valence-electron chi connectivity index (χ2n) is 3.32. The molecule has 1 unspecified atom stereocenters. The van der Waals surface area contributed by atoms with E-state index < -0.39 is 6.09 Å². The van der Waals surface area contributed by atoms with Crippen molar-refractivity contribution in [2.45, 2.75) is 25.3 Å². The van der Waals surface area contributed by atoms with E-state index in [1.807, 2.05) is 0 Å². The lowest BCUT2D eigenvalue weighted by atomic mass is 10.1. The quantitative estimate of drug-likeness (QED) is 0.523. The highest BCUT2D eigenvalue weighted by molar-refractivity contribution is 5.73. The third-order valence-electron chi connectivity index (χ3n) is 2.43. The van der Waals surface area contributed by atoms with Crippen molar-refractivity contribution >= 4 is 12.1 Å². The number of hydrogen-bond donors (Lipinski definition) is 0. The molecule has 5 heteroatoms. The van der Waals surface area contributed by atoms with Crippen molar-refractivity contribution in [3.63, 3.8) is 0 Å². The van der Waals surface area contributed by atoms with Crippen LogP contribution in [0, 0.1) is 0 Å². The molecule has 0 aromatic rings. The van der Waals surface area contributed by atoms with Crippen LogP contribution >= 0.6 is 0 Å². The monoisotopic (exact) mass is 213 g/mol. The van der Waals surface area contributed by atoms with Gasteiger partial charge in [0, 0.05) is 12.6 Å². The minimum absolute atomic E-state index is 0.107. The highest BCUT2D eigenvalue weighted by atomic mass is 16.5. The molecule has 15 heavy (non-hydrogen) atoms. The number of ether oxygens (including phenoxy) is 2. The van der Waals surface area contributed by atoms with E-state index >= 15 is 0 Å². The smallest absolute Gasteiger partial charge is 0.414 e. The summed E-state index contributed by atoms with van der Waals surface area (Å²) in [6.45, 7) is 3.93. The first kappa shape index (κ1) is 11.6. The molecule has 1 amide bonds. The number of esters is 1. The van der Waals surface area contributed by atoms with Crippen molar-refractivity contribution in [1.82, 2.24) is 4.90 Å². The molecule has 1 aliphatic heterocycles. The minimum atomic E-state index is -0.448. The van der Waals surface area contributed by atoms with Crippen LogP contribution in [0.2, 0.25) is 0 Å². The Morgan fingerprint density at radius 1 is 1.60 bits per heavy atom. The summed E-state index contributed by atoms with van der Waals surface area (Å²) < 4.78 is 9.23. The second kappa shape index (κ2) is 5.38. The standard InChI is InChI=1S/C10H15NO4/c1-3-15-10(13)11-6-4-5-8(11)7-9(12)14-2/h3,8H,1,4-7H2,2H3. The van der Waals surface area contributed by atoms with E-state index in [0.717, 1.165) is 19.1 Å². The number of nitrogens with zero attached hydrogens (tertiary/aromatic N) is 1. The Kier molecular flexibility index (Phi) is 4.15. The van der Waals surface area contributed by atoms with Crippen LogP contribution < -0.4 is 0 Å². The summed E-state index contributed by atoms with van der Waals surface area (Å²) in [6, 6.07) is -0.107. The number of methoxy groups -OCH3 is 1. The van der Waals surface area contributed by atoms with Gasteiger partial charge in [0.25, 0.3) is 0 Å². The average molecular weight is 213 g/mol. The molecular weight excluding hydrogens is 198 g/mol. The van der Waals surface area contributed by atoms with Crippen LogP contribution in [-0.2, 0) is 14.3 Å². The van der Waals surface area contributed by atoms with Crippen molar-refractivity contribution in [1.29, 1.82) is 0 Å². The van der Waals surface area contributed by atoms with E-state index in [1.165, 1.54) is 7.11 Å². The van der Waals surface area contributed by atoms with E-state index in [9.17, 15) is 9.59 Å². The highest BCUT2D eigenvalue weighted by Gasteiger charge is 2.31. The molecule has 0 aliphatic carbocycles. The maximum atomic E-state index is 11.4. The van der Waals surface area contributed by atoms with Crippen LogP contribution in [0.1, 0.15) is 19.3 Å². The van der Waals surface area contributed by atoms with Gasteiger partial charge in [-0.3, -0.25) is 4.79 Å². The van der Waals surface area contributed by atoms with Gasteiger partial charge in [-0.1, -0.05) is 6.58 Å². The molecule has 0 aromatic heterocycles. The first-order chi connectivity index (χ1) is 7.19. The van der Waals surface area contributed by atoms with Gasteiger partial charge < -0.3 is 14.4 Å². The molecule has 0 radical (unpaired) electrons. The van der Waals surface area contributed by atoms with Crippen molar-refractivity contribution in [2.24, 2.45) is 0 Å². The molecule has 1 heterocycles.